The first-order chi connectivity index (χ1) is 10.1. The van der Waals surface area contributed by atoms with Crippen molar-refractivity contribution in [1.29, 1.82) is 0 Å². The molecule has 0 unspecified atom stereocenters. The first-order valence-corrected chi connectivity index (χ1v) is 7.08. The molecule has 2 nitrogen and oxygen atoms in total. The fourth-order valence-electron chi connectivity index (χ4n) is 2.85. The summed E-state index contributed by atoms with van der Waals surface area (Å²) in [6.07, 6.45) is 0.769. The summed E-state index contributed by atoms with van der Waals surface area (Å²) < 4.78 is 28.7. The summed E-state index contributed by atoms with van der Waals surface area (Å²) in [5.41, 5.74) is 8.89. The number of fused-ring (bicyclic) bond motifs is 1. The maximum absolute atomic E-state index is 14.3. The zero-order valence-corrected chi connectivity index (χ0v) is 11.7. The second-order valence-corrected chi connectivity index (χ2v) is 5.52. The van der Waals surface area contributed by atoms with Gasteiger partial charge in [0.1, 0.15) is 0 Å². The molecule has 1 heterocycles. The summed E-state index contributed by atoms with van der Waals surface area (Å²) in [5, 5.41) is 0. The van der Waals surface area contributed by atoms with Crippen LogP contribution in [0.15, 0.2) is 48.5 Å². The number of halogens is 2. The van der Waals surface area contributed by atoms with Gasteiger partial charge in [0.15, 0.2) is 0 Å². The predicted molar refractivity (Wildman–Crippen MR) is 80.2 cm³/mol. The highest BCUT2D eigenvalue weighted by Gasteiger charge is 2.34. The quantitative estimate of drug-likeness (QED) is 0.877. The molecule has 0 amide bonds. The highest BCUT2D eigenvalue weighted by Crippen LogP contribution is 2.31. The molecule has 110 valence electrons. The molecule has 4 heteroatoms. The minimum atomic E-state index is -2.84. The molecule has 3 rings (SSSR count). The van der Waals surface area contributed by atoms with Crippen molar-refractivity contribution in [2.24, 2.45) is 0 Å². The second kappa shape index (κ2) is 5.45. The molecule has 0 fully saturated rings. The van der Waals surface area contributed by atoms with Crippen molar-refractivity contribution >= 4 is 5.69 Å². The fourth-order valence-corrected chi connectivity index (χ4v) is 2.85. The summed E-state index contributed by atoms with van der Waals surface area (Å²) in [4.78, 5) is 1.78. The lowest BCUT2D eigenvalue weighted by Gasteiger charge is -2.32. The van der Waals surface area contributed by atoms with Crippen molar-refractivity contribution < 1.29 is 8.78 Å². The van der Waals surface area contributed by atoms with Gasteiger partial charge in [-0.2, -0.15) is 8.78 Å². The molecular weight excluding hydrogens is 270 g/mol. The third-order valence-corrected chi connectivity index (χ3v) is 4.01. The van der Waals surface area contributed by atoms with E-state index in [1.165, 1.54) is 17.7 Å². The molecule has 0 saturated heterocycles. The number of nitrogens with two attached hydrogens (primary N) is 1. The van der Waals surface area contributed by atoms with Gasteiger partial charge in [0.05, 0.1) is 6.54 Å². The molecular formula is C17H18F2N2. The van der Waals surface area contributed by atoms with E-state index in [9.17, 15) is 8.78 Å². The normalized spacial score (nSPS) is 15.7. The smallest absolute Gasteiger partial charge is 0.285 e. The van der Waals surface area contributed by atoms with Gasteiger partial charge in [-0.05, 0) is 23.6 Å². The molecule has 2 N–H and O–H groups in total. The number of anilines is 1. The van der Waals surface area contributed by atoms with Crippen LogP contribution in [0.25, 0.3) is 0 Å². The maximum Gasteiger partial charge on any atom is 0.285 e. The SMILES string of the molecule is Nc1cccc2c1CN(CC(F)(F)c1ccccc1)CC2. The minimum absolute atomic E-state index is 0.0665. The molecule has 0 aromatic heterocycles. The zero-order valence-electron chi connectivity index (χ0n) is 11.7. The number of hydrogen-bond donors (Lipinski definition) is 1. The Morgan fingerprint density at radius 1 is 1.05 bits per heavy atom. The van der Waals surface area contributed by atoms with Crippen LogP contribution in [0.1, 0.15) is 16.7 Å². The van der Waals surface area contributed by atoms with Crippen LogP contribution in [-0.2, 0) is 18.9 Å². The van der Waals surface area contributed by atoms with Crippen LogP contribution in [0.2, 0.25) is 0 Å². The van der Waals surface area contributed by atoms with Crippen molar-refractivity contribution in [3.05, 3.63) is 65.2 Å². The van der Waals surface area contributed by atoms with E-state index in [2.05, 4.69) is 0 Å². The molecule has 0 saturated carbocycles. The van der Waals surface area contributed by atoms with Crippen molar-refractivity contribution in [3.8, 4) is 0 Å². The van der Waals surface area contributed by atoms with Crippen LogP contribution >= 0.6 is 0 Å². The third-order valence-electron chi connectivity index (χ3n) is 4.01. The highest BCUT2D eigenvalue weighted by molar-refractivity contribution is 5.51. The first kappa shape index (κ1) is 14.0. The topological polar surface area (TPSA) is 29.3 Å². The average molecular weight is 288 g/mol. The van der Waals surface area contributed by atoms with Crippen LogP contribution in [-0.4, -0.2) is 18.0 Å². The van der Waals surface area contributed by atoms with E-state index in [0.717, 1.165) is 12.0 Å². The Balaban J connectivity index is 1.77. The molecule has 0 radical (unpaired) electrons. The van der Waals surface area contributed by atoms with Gasteiger partial charge in [-0.1, -0.05) is 42.5 Å². The van der Waals surface area contributed by atoms with Gasteiger partial charge in [0.25, 0.3) is 5.92 Å². The van der Waals surface area contributed by atoms with Gasteiger partial charge in [-0.3, -0.25) is 4.90 Å². The summed E-state index contributed by atoms with van der Waals surface area (Å²) in [5.74, 6) is -2.84. The molecule has 1 aliphatic rings. The molecule has 21 heavy (non-hydrogen) atoms. The predicted octanol–water partition coefficient (Wildman–Crippen LogP) is 3.42. The molecule has 2 aromatic carbocycles. The Hall–Kier alpha value is -1.94. The molecule has 0 atom stereocenters. The van der Waals surface area contributed by atoms with Gasteiger partial charge in [-0.15, -0.1) is 0 Å². The summed E-state index contributed by atoms with van der Waals surface area (Å²) in [6, 6.07) is 13.8. The molecule has 0 bridgehead atoms. The van der Waals surface area contributed by atoms with Gasteiger partial charge < -0.3 is 5.73 Å². The molecule has 0 spiro atoms. The van der Waals surface area contributed by atoms with E-state index in [1.54, 1.807) is 23.1 Å². The Morgan fingerprint density at radius 2 is 1.81 bits per heavy atom. The van der Waals surface area contributed by atoms with Gasteiger partial charge >= 0.3 is 0 Å². The van der Waals surface area contributed by atoms with E-state index >= 15 is 0 Å². The van der Waals surface area contributed by atoms with Crippen LogP contribution in [0.5, 0.6) is 0 Å². The van der Waals surface area contributed by atoms with Crippen molar-refractivity contribution in [2.45, 2.75) is 18.9 Å². The van der Waals surface area contributed by atoms with Gasteiger partial charge in [-0.25, -0.2) is 0 Å². The lowest BCUT2D eigenvalue weighted by Crippen LogP contribution is -2.39. The monoisotopic (exact) mass is 288 g/mol. The lowest BCUT2D eigenvalue weighted by atomic mass is 9.97. The number of nitrogens with zero attached hydrogens (tertiary/aromatic N) is 1. The van der Waals surface area contributed by atoms with Crippen molar-refractivity contribution in [1.82, 2.24) is 4.90 Å². The second-order valence-electron chi connectivity index (χ2n) is 5.52. The summed E-state index contributed by atoms with van der Waals surface area (Å²) in [6.45, 7) is 0.855. The maximum atomic E-state index is 14.3. The first-order valence-electron chi connectivity index (χ1n) is 7.08. The van der Waals surface area contributed by atoms with E-state index in [-0.39, 0.29) is 12.1 Å². The van der Waals surface area contributed by atoms with Crippen LogP contribution in [0.3, 0.4) is 0 Å². The Morgan fingerprint density at radius 3 is 2.57 bits per heavy atom. The number of nitrogen functional groups attached to an aromatic ring is 1. The third kappa shape index (κ3) is 2.90. The van der Waals surface area contributed by atoms with Crippen LogP contribution < -0.4 is 5.73 Å². The minimum Gasteiger partial charge on any atom is -0.398 e. The Kier molecular flexibility index (Phi) is 3.64. The summed E-state index contributed by atoms with van der Waals surface area (Å²) >= 11 is 0. The number of hydrogen-bond acceptors (Lipinski definition) is 2. The molecule has 2 aromatic rings. The van der Waals surface area contributed by atoms with Gasteiger partial charge in [0.2, 0.25) is 0 Å². The molecule has 0 aliphatic carbocycles. The van der Waals surface area contributed by atoms with E-state index in [4.69, 9.17) is 5.73 Å². The number of rotatable bonds is 3. The highest BCUT2D eigenvalue weighted by atomic mass is 19.3. The average Bonchev–Trinajstić information content (AvgIpc) is 2.49. The Labute approximate surface area is 123 Å². The van der Waals surface area contributed by atoms with Crippen molar-refractivity contribution in [3.63, 3.8) is 0 Å². The van der Waals surface area contributed by atoms with E-state index < -0.39 is 5.92 Å². The standard InChI is InChI=1S/C17H18F2N2/c18-17(19,14-6-2-1-3-7-14)12-21-10-9-13-5-4-8-16(20)15(13)11-21/h1-8H,9-12,20H2. The van der Waals surface area contributed by atoms with Gasteiger partial charge in [0, 0.05) is 24.3 Å². The van der Waals surface area contributed by atoms with E-state index in [1.807, 2.05) is 18.2 Å². The lowest BCUT2D eigenvalue weighted by molar-refractivity contribution is -0.0410. The number of alkyl halides is 2. The summed E-state index contributed by atoms with van der Waals surface area (Å²) in [7, 11) is 0. The Bertz CT molecular complexity index is 626. The molecule has 1 aliphatic heterocycles. The van der Waals surface area contributed by atoms with Crippen LogP contribution in [0, 0.1) is 0 Å². The largest absolute Gasteiger partial charge is 0.398 e. The van der Waals surface area contributed by atoms with Crippen molar-refractivity contribution in [2.75, 3.05) is 18.8 Å². The van der Waals surface area contributed by atoms with E-state index in [0.29, 0.717) is 18.8 Å². The zero-order chi connectivity index (χ0) is 14.9. The number of benzene rings is 2. The van der Waals surface area contributed by atoms with Crippen LogP contribution in [0.4, 0.5) is 14.5 Å². The fraction of sp³-hybridized carbons (Fsp3) is 0.294.